The highest BCUT2D eigenvalue weighted by Gasteiger charge is 2.40. The van der Waals surface area contributed by atoms with Crippen molar-refractivity contribution in [1.29, 1.82) is 0 Å². The number of tetrazole rings is 1. The number of aromatic amines is 1. The number of hydrogen-bond acceptors (Lipinski definition) is 5. The third kappa shape index (κ3) is 2.63. The highest BCUT2D eigenvalue weighted by Crippen LogP contribution is 2.38. The monoisotopic (exact) mass is 341 g/mol. The number of nitrogens with zero attached hydrogens (tertiary/aromatic N) is 6. The normalized spacial score (nSPS) is 21.5. The molecule has 1 aliphatic heterocycles. The zero-order valence-corrected chi connectivity index (χ0v) is 12.5. The largest absolute Gasteiger partial charge is 0.435 e. The fourth-order valence-electron chi connectivity index (χ4n) is 2.95. The van der Waals surface area contributed by atoms with Crippen molar-refractivity contribution in [3.05, 3.63) is 23.3 Å². The maximum absolute atomic E-state index is 12.9. The van der Waals surface area contributed by atoms with Crippen molar-refractivity contribution in [3.8, 4) is 0 Å². The summed E-state index contributed by atoms with van der Waals surface area (Å²) in [4.78, 5) is 14.2. The van der Waals surface area contributed by atoms with Crippen LogP contribution in [-0.4, -0.2) is 54.3 Å². The van der Waals surface area contributed by atoms with Crippen molar-refractivity contribution < 1.29 is 18.0 Å². The molecule has 1 saturated heterocycles. The zero-order valence-electron chi connectivity index (χ0n) is 12.5. The number of carbonyl (C=O) groups is 1. The first kappa shape index (κ1) is 15.1. The second-order valence-electron chi connectivity index (χ2n) is 6.10. The van der Waals surface area contributed by atoms with Crippen LogP contribution in [0.3, 0.4) is 0 Å². The third-order valence-corrected chi connectivity index (χ3v) is 4.34. The van der Waals surface area contributed by atoms with Gasteiger partial charge in [0.25, 0.3) is 5.91 Å². The fraction of sp³-hybridized carbons (Fsp3) is 0.615. The summed E-state index contributed by atoms with van der Waals surface area (Å²) in [5, 5.41) is 17.3. The van der Waals surface area contributed by atoms with E-state index in [2.05, 4.69) is 25.7 Å². The van der Waals surface area contributed by atoms with Crippen LogP contribution < -0.4 is 0 Å². The van der Waals surface area contributed by atoms with Crippen LogP contribution in [0.4, 0.5) is 13.2 Å². The predicted molar refractivity (Wildman–Crippen MR) is 72.9 cm³/mol. The molecule has 1 unspecified atom stereocenters. The number of H-pyrrole nitrogens is 1. The molecular formula is C13H14F3N7O. The Kier molecular flexibility index (Phi) is 3.32. The van der Waals surface area contributed by atoms with E-state index in [4.69, 9.17) is 0 Å². The van der Waals surface area contributed by atoms with Crippen LogP contribution in [0.2, 0.25) is 0 Å². The first-order valence-corrected chi connectivity index (χ1v) is 7.63. The van der Waals surface area contributed by atoms with Crippen molar-refractivity contribution in [2.24, 2.45) is 0 Å². The average molecular weight is 341 g/mol. The van der Waals surface area contributed by atoms with E-state index in [1.807, 2.05) is 0 Å². The number of hydrogen-bond donors (Lipinski definition) is 1. The molecule has 1 amide bonds. The van der Waals surface area contributed by atoms with E-state index < -0.39 is 17.8 Å². The van der Waals surface area contributed by atoms with Crippen LogP contribution >= 0.6 is 0 Å². The van der Waals surface area contributed by atoms with Gasteiger partial charge in [0.1, 0.15) is 5.69 Å². The molecule has 2 aliphatic rings. The minimum Gasteiger partial charge on any atom is -0.337 e. The number of carbonyl (C=O) groups excluding carboxylic acids is 1. The summed E-state index contributed by atoms with van der Waals surface area (Å²) in [6.45, 7) is 0.796. The van der Waals surface area contributed by atoms with Crippen LogP contribution in [-0.2, 0) is 6.18 Å². The van der Waals surface area contributed by atoms with Gasteiger partial charge in [-0.2, -0.15) is 23.5 Å². The first-order valence-electron chi connectivity index (χ1n) is 7.63. The molecule has 11 heteroatoms. The molecule has 2 fully saturated rings. The summed E-state index contributed by atoms with van der Waals surface area (Å²) in [5.74, 6) is 0.0139. The zero-order chi connectivity index (χ0) is 16.9. The van der Waals surface area contributed by atoms with Crippen LogP contribution in [0, 0.1) is 0 Å². The van der Waals surface area contributed by atoms with Crippen LogP contribution in [0.1, 0.15) is 53.2 Å². The van der Waals surface area contributed by atoms with Gasteiger partial charge in [0, 0.05) is 25.1 Å². The summed E-state index contributed by atoms with van der Waals surface area (Å²) in [7, 11) is 0. The molecule has 2 aromatic rings. The first-order chi connectivity index (χ1) is 11.4. The second-order valence-corrected chi connectivity index (χ2v) is 6.10. The Labute approximate surface area is 134 Å². The Morgan fingerprint density at radius 1 is 1.29 bits per heavy atom. The SMILES string of the molecule is O=C(c1cc(C(F)(F)F)nn1C1CC1)N1CCC(c2nn[nH]n2)C1. The summed E-state index contributed by atoms with van der Waals surface area (Å²) in [5.41, 5.74) is -1.02. The van der Waals surface area contributed by atoms with Gasteiger partial charge in [-0.05, 0) is 19.3 Å². The van der Waals surface area contributed by atoms with Crippen LogP contribution in [0.15, 0.2) is 6.07 Å². The number of amides is 1. The minimum absolute atomic E-state index is 0.00131. The fourth-order valence-corrected chi connectivity index (χ4v) is 2.95. The standard InChI is InChI=1S/C13H14F3N7O/c14-13(15,16)10-5-9(23(19-10)8-1-2-8)12(24)22-4-3-7(6-22)11-17-20-21-18-11/h5,7-8H,1-4,6H2,(H,17,18,20,21). The summed E-state index contributed by atoms with van der Waals surface area (Å²) in [6.07, 6.45) is -2.43. The van der Waals surface area contributed by atoms with E-state index >= 15 is 0 Å². The van der Waals surface area contributed by atoms with Crippen molar-refractivity contribution in [3.63, 3.8) is 0 Å². The van der Waals surface area contributed by atoms with Crippen molar-refractivity contribution in [2.75, 3.05) is 13.1 Å². The number of rotatable bonds is 3. The maximum Gasteiger partial charge on any atom is 0.435 e. The summed E-state index contributed by atoms with van der Waals surface area (Å²) >= 11 is 0. The Balaban J connectivity index is 1.57. The molecule has 0 radical (unpaired) electrons. The van der Waals surface area contributed by atoms with Gasteiger partial charge in [0.15, 0.2) is 11.5 Å². The van der Waals surface area contributed by atoms with E-state index in [0.717, 1.165) is 18.9 Å². The van der Waals surface area contributed by atoms with E-state index in [1.165, 1.54) is 9.58 Å². The minimum atomic E-state index is -4.56. The van der Waals surface area contributed by atoms with Gasteiger partial charge in [-0.1, -0.05) is 5.21 Å². The molecule has 4 rings (SSSR count). The van der Waals surface area contributed by atoms with Crippen molar-refractivity contribution >= 4 is 5.91 Å². The van der Waals surface area contributed by atoms with Gasteiger partial charge >= 0.3 is 6.18 Å². The topological polar surface area (TPSA) is 92.6 Å². The molecule has 0 aromatic carbocycles. The molecule has 1 aliphatic carbocycles. The maximum atomic E-state index is 12.9. The van der Waals surface area contributed by atoms with Crippen molar-refractivity contribution in [1.82, 2.24) is 35.3 Å². The Bertz CT molecular complexity index is 750. The number of halogens is 3. The van der Waals surface area contributed by atoms with Crippen LogP contribution in [0.25, 0.3) is 0 Å². The molecule has 3 heterocycles. The van der Waals surface area contributed by atoms with Gasteiger partial charge in [0.2, 0.25) is 0 Å². The molecule has 0 spiro atoms. The molecule has 1 atom stereocenters. The quantitative estimate of drug-likeness (QED) is 0.910. The van der Waals surface area contributed by atoms with E-state index in [0.29, 0.717) is 25.3 Å². The number of nitrogens with one attached hydrogen (secondary N) is 1. The third-order valence-electron chi connectivity index (χ3n) is 4.34. The van der Waals surface area contributed by atoms with Gasteiger partial charge in [-0.3, -0.25) is 9.48 Å². The van der Waals surface area contributed by atoms with Gasteiger partial charge in [-0.25, -0.2) is 0 Å². The highest BCUT2D eigenvalue weighted by atomic mass is 19.4. The smallest absolute Gasteiger partial charge is 0.337 e. The Morgan fingerprint density at radius 2 is 2.08 bits per heavy atom. The number of aromatic nitrogens is 6. The predicted octanol–water partition coefficient (Wildman–Crippen LogP) is 1.38. The Hall–Kier alpha value is -2.46. The molecule has 8 nitrogen and oxygen atoms in total. The lowest BCUT2D eigenvalue weighted by molar-refractivity contribution is -0.141. The molecule has 1 saturated carbocycles. The lowest BCUT2D eigenvalue weighted by Gasteiger charge is -2.16. The molecule has 1 N–H and O–H groups in total. The molecule has 2 aromatic heterocycles. The van der Waals surface area contributed by atoms with E-state index in [9.17, 15) is 18.0 Å². The number of likely N-dealkylation sites (tertiary alicyclic amines) is 1. The summed E-state index contributed by atoms with van der Waals surface area (Å²) < 4.78 is 40.0. The molecular weight excluding hydrogens is 327 g/mol. The highest BCUT2D eigenvalue weighted by molar-refractivity contribution is 5.93. The lowest BCUT2D eigenvalue weighted by atomic mass is 10.1. The molecule has 128 valence electrons. The van der Waals surface area contributed by atoms with E-state index in [1.54, 1.807) is 0 Å². The van der Waals surface area contributed by atoms with Crippen LogP contribution in [0.5, 0.6) is 0 Å². The molecule has 24 heavy (non-hydrogen) atoms. The van der Waals surface area contributed by atoms with Gasteiger partial charge in [0.05, 0.1) is 6.04 Å². The average Bonchev–Trinajstić information content (AvgIpc) is 3.03. The van der Waals surface area contributed by atoms with Gasteiger partial charge < -0.3 is 4.90 Å². The second kappa shape index (κ2) is 5.28. The lowest BCUT2D eigenvalue weighted by Crippen LogP contribution is -2.30. The number of alkyl halides is 3. The van der Waals surface area contributed by atoms with E-state index in [-0.39, 0.29) is 17.7 Å². The van der Waals surface area contributed by atoms with Gasteiger partial charge in [-0.15, -0.1) is 10.2 Å². The van der Waals surface area contributed by atoms with Crippen molar-refractivity contribution in [2.45, 2.75) is 37.4 Å². The Morgan fingerprint density at radius 3 is 2.71 bits per heavy atom. The summed E-state index contributed by atoms with van der Waals surface area (Å²) in [6, 6.07) is 0.734. The molecule has 0 bridgehead atoms.